The Hall–Kier alpha value is 1.10. The maximum Gasteiger partial charge on any atom is 2.00 e. The number of hydrogen-bond acceptors (Lipinski definition) is 4. The summed E-state index contributed by atoms with van der Waals surface area (Å²) >= 11 is 0. The normalized spacial score (nSPS) is 2.40. The molecule has 0 aromatic heterocycles. The van der Waals surface area contributed by atoms with E-state index in [1.54, 1.807) is 0 Å². The molecule has 28 valence electrons. The zero-order chi connectivity index (χ0) is 4.00. The number of rotatable bonds is 0. The van der Waals surface area contributed by atoms with Gasteiger partial charge in [0.05, 0.1) is 0 Å². The molecule has 0 aliphatic carbocycles. The Labute approximate surface area is 58.5 Å². The standard InChI is InChI=1S/Ca.2O2/c;2*1-2/q+2;2*-2. The first kappa shape index (κ1) is 16.5. The molecule has 0 bridgehead atoms. The van der Waals surface area contributed by atoms with Gasteiger partial charge in [-0.15, -0.1) is 0 Å². The van der Waals surface area contributed by atoms with Crippen molar-refractivity contribution in [2.45, 2.75) is 0 Å². The van der Waals surface area contributed by atoms with Crippen molar-refractivity contribution in [3.63, 3.8) is 0 Å². The molecule has 0 saturated carbocycles. The SMILES string of the molecule is [Ca+2].[O-][O-].[O-][O-]. The molecule has 0 aromatic rings. The minimum atomic E-state index is 0. The van der Waals surface area contributed by atoms with Crippen LogP contribution in [0.4, 0.5) is 0 Å². The molecular weight excluding hydrogens is 104 g/mol. The van der Waals surface area contributed by atoms with Gasteiger partial charge in [0.2, 0.25) is 0 Å². The maximum atomic E-state index is 7.00. The van der Waals surface area contributed by atoms with Gasteiger partial charge in [-0.1, -0.05) is 0 Å². The van der Waals surface area contributed by atoms with E-state index in [1.807, 2.05) is 0 Å². The average molecular weight is 104 g/mol. The van der Waals surface area contributed by atoms with Gasteiger partial charge in [-0.05, 0) is 0 Å². The van der Waals surface area contributed by atoms with Crippen molar-refractivity contribution in [2.24, 2.45) is 0 Å². The summed E-state index contributed by atoms with van der Waals surface area (Å²) in [7, 11) is 0. The smallest absolute Gasteiger partial charge is 1.00 e. The molecule has 0 aliphatic heterocycles. The zero-order valence-electron chi connectivity index (χ0n) is 2.34. The molecule has 0 aromatic carbocycles. The molecule has 0 fully saturated rings. The van der Waals surface area contributed by atoms with Crippen molar-refractivity contribution in [2.75, 3.05) is 0 Å². The Bertz CT molecular complexity index is 3.61. The summed E-state index contributed by atoms with van der Waals surface area (Å²) in [5.41, 5.74) is 0. The molecule has 0 atom stereocenters. The van der Waals surface area contributed by atoms with Gasteiger partial charge >= 0.3 is 37.7 Å². The fourth-order valence-electron chi connectivity index (χ4n) is 0. The van der Waals surface area contributed by atoms with Gasteiger partial charge in [0, 0.05) is 0 Å². The molecule has 5 heavy (non-hydrogen) atoms. The first-order chi connectivity index (χ1) is 2.00. The summed E-state index contributed by atoms with van der Waals surface area (Å²) in [6.45, 7) is 0. The van der Waals surface area contributed by atoms with Gasteiger partial charge < -0.3 is 21.0 Å². The predicted molar refractivity (Wildman–Crippen MR) is 5.75 cm³/mol. The van der Waals surface area contributed by atoms with Crippen molar-refractivity contribution in [1.82, 2.24) is 0 Å². The first-order valence-electron chi connectivity index (χ1n) is 0.333. The van der Waals surface area contributed by atoms with Gasteiger partial charge in [0.1, 0.15) is 0 Å². The summed E-state index contributed by atoms with van der Waals surface area (Å²) in [4.78, 5) is 0. The van der Waals surface area contributed by atoms with Gasteiger partial charge in [0.15, 0.2) is 0 Å². The van der Waals surface area contributed by atoms with E-state index in [0.29, 0.717) is 0 Å². The zero-order valence-corrected chi connectivity index (χ0v) is 4.55. The van der Waals surface area contributed by atoms with E-state index in [9.17, 15) is 0 Å². The van der Waals surface area contributed by atoms with E-state index in [0.717, 1.165) is 0 Å². The molecular formula is CaO4-2. The minimum Gasteiger partial charge on any atom is -1.00 e. The second-order valence-electron chi connectivity index (χ2n) is 0. The molecule has 0 radical (unpaired) electrons. The Balaban J connectivity index is -0.0000000133. The largest absolute Gasteiger partial charge is 2.00 e. The summed E-state index contributed by atoms with van der Waals surface area (Å²) in [5, 5.41) is 28.0. The van der Waals surface area contributed by atoms with Crippen LogP contribution in [0.15, 0.2) is 0 Å². The molecule has 0 rings (SSSR count). The van der Waals surface area contributed by atoms with Crippen LogP contribution in [0.2, 0.25) is 0 Å². The van der Waals surface area contributed by atoms with Gasteiger partial charge in [-0.25, -0.2) is 0 Å². The third-order valence-corrected chi connectivity index (χ3v) is 0. The quantitative estimate of drug-likeness (QED) is 0.174. The van der Waals surface area contributed by atoms with Crippen LogP contribution in [0.3, 0.4) is 0 Å². The molecule has 0 unspecified atom stereocenters. The molecule has 0 aliphatic rings. The first-order valence-corrected chi connectivity index (χ1v) is 0.333. The second kappa shape index (κ2) is 70.9. The topological polar surface area (TPSA) is 92.2 Å². The van der Waals surface area contributed by atoms with E-state index in [4.69, 9.17) is 21.0 Å². The number of hydrogen-bond donors (Lipinski definition) is 0. The summed E-state index contributed by atoms with van der Waals surface area (Å²) in [6, 6.07) is 0. The van der Waals surface area contributed by atoms with Crippen LogP contribution >= 0.6 is 0 Å². The fraction of sp³-hybridized carbons (Fsp3) is 0. The molecule has 0 N–H and O–H groups in total. The van der Waals surface area contributed by atoms with Crippen molar-refractivity contribution in [3.8, 4) is 0 Å². The molecule has 0 amide bonds. The molecule has 0 heterocycles. The third-order valence-electron chi connectivity index (χ3n) is 0. The van der Waals surface area contributed by atoms with Crippen molar-refractivity contribution < 1.29 is 21.0 Å². The van der Waals surface area contributed by atoms with Gasteiger partial charge in [-0.3, -0.25) is 0 Å². The van der Waals surface area contributed by atoms with Gasteiger partial charge in [0.25, 0.3) is 0 Å². The molecule has 0 spiro atoms. The Morgan fingerprint density at radius 1 is 0.600 bits per heavy atom. The second-order valence-corrected chi connectivity index (χ2v) is 0. The van der Waals surface area contributed by atoms with Crippen LogP contribution in [-0.4, -0.2) is 37.7 Å². The van der Waals surface area contributed by atoms with E-state index >= 15 is 0 Å². The van der Waals surface area contributed by atoms with Crippen molar-refractivity contribution >= 4 is 37.7 Å². The van der Waals surface area contributed by atoms with E-state index in [1.165, 1.54) is 0 Å². The third kappa shape index (κ3) is 40.5. The van der Waals surface area contributed by atoms with Crippen LogP contribution in [0.1, 0.15) is 0 Å². The fourth-order valence-corrected chi connectivity index (χ4v) is 0. The van der Waals surface area contributed by atoms with E-state index in [2.05, 4.69) is 0 Å². The summed E-state index contributed by atoms with van der Waals surface area (Å²) in [5.74, 6) is 0. The van der Waals surface area contributed by atoms with Crippen LogP contribution in [0, 0.1) is 0 Å². The van der Waals surface area contributed by atoms with Crippen LogP contribution in [0.5, 0.6) is 0 Å². The van der Waals surface area contributed by atoms with E-state index < -0.39 is 0 Å². The Morgan fingerprint density at radius 3 is 0.600 bits per heavy atom. The molecule has 5 heteroatoms. The summed E-state index contributed by atoms with van der Waals surface area (Å²) < 4.78 is 0. The average Bonchev–Trinajstić information content (AvgIpc) is 1.50. The predicted octanol–water partition coefficient (Wildman–Crippen LogP) is -5.14. The maximum absolute atomic E-state index is 7.00. The van der Waals surface area contributed by atoms with Crippen LogP contribution in [0.25, 0.3) is 0 Å². The Kier molecular flexibility index (Phi) is 234. The van der Waals surface area contributed by atoms with Crippen LogP contribution < -0.4 is 21.0 Å². The van der Waals surface area contributed by atoms with Crippen molar-refractivity contribution in [3.05, 3.63) is 0 Å². The van der Waals surface area contributed by atoms with Crippen molar-refractivity contribution in [1.29, 1.82) is 0 Å². The van der Waals surface area contributed by atoms with Crippen LogP contribution in [-0.2, 0) is 0 Å². The Morgan fingerprint density at radius 2 is 0.600 bits per heavy atom. The monoisotopic (exact) mass is 104 g/mol. The summed E-state index contributed by atoms with van der Waals surface area (Å²) in [6.07, 6.45) is 0. The van der Waals surface area contributed by atoms with Gasteiger partial charge in [-0.2, -0.15) is 0 Å². The van der Waals surface area contributed by atoms with E-state index in [-0.39, 0.29) is 37.7 Å². The minimum absolute atomic E-state index is 0. The molecule has 4 nitrogen and oxygen atoms in total. The molecule has 0 saturated heterocycles.